The molecule has 6 heteroatoms. The lowest BCUT2D eigenvalue weighted by Crippen LogP contribution is -2.16. The number of nitriles is 1. The molecule has 0 amide bonds. The molecular formula is C17H14ClFN2O2. The number of aliphatic carboxylic acids is 1. The molecule has 0 aliphatic carbocycles. The molecular weight excluding hydrogens is 319 g/mol. The summed E-state index contributed by atoms with van der Waals surface area (Å²) in [5.74, 6) is -1.89. The van der Waals surface area contributed by atoms with Crippen LogP contribution in [0.25, 0.3) is 11.1 Å². The molecule has 4 nitrogen and oxygen atoms in total. The average molecular weight is 333 g/mol. The van der Waals surface area contributed by atoms with Gasteiger partial charge in [0.05, 0.1) is 12.0 Å². The number of carbonyl (C=O) groups is 1. The molecule has 0 aliphatic rings. The Morgan fingerprint density at radius 1 is 1.35 bits per heavy atom. The van der Waals surface area contributed by atoms with Gasteiger partial charge in [-0.1, -0.05) is 23.7 Å². The van der Waals surface area contributed by atoms with E-state index in [1.54, 1.807) is 24.3 Å². The molecule has 0 fully saturated rings. The zero-order valence-corrected chi connectivity index (χ0v) is 12.8. The zero-order valence-electron chi connectivity index (χ0n) is 12.1. The van der Waals surface area contributed by atoms with Crippen LogP contribution in [-0.4, -0.2) is 17.6 Å². The summed E-state index contributed by atoms with van der Waals surface area (Å²) >= 11 is 6.20. The minimum absolute atomic E-state index is 0.0788. The Bertz CT molecular complexity index is 787. The molecule has 0 aliphatic heterocycles. The molecule has 0 saturated carbocycles. The van der Waals surface area contributed by atoms with Crippen LogP contribution in [0.15, 0.2) is 36.4 Å². The van der Waals surface area contributed by atoms with Gasteiger partial charge in [0.25, 0.3) is 0 Å². The summed E-state index contributed by atoms with van der Waals surface area (Å²) in [6.45, 7) is 0.181. The van der Waals surface area contributed by atoms with E-state index in [2.05, 4.69) is 0 Å². The zero-order chi connectivity index (χ0) is 17.0. The predicted molar refractivity (Wildman–Crippen MR) is 85.6 cm³/mol. The summed E-state index contributed by atoms with van der Waals surface area (Å²) in [7, 11) is 0. The number of carboxylic acid groups (broad SMARTS) is 1. The van der Waals surface area contributed by atoms with Crippen LogP contribution >= 0.6 is 11.6 Å². The first-order valence-corrected chi connectivity index (χ1v) is 7.25. The van der Waals surface area contributed by atoms with Crippen molar-refractivity contribution < 1.29 is 14.3 Å². The number of rotatable bonds is 5. The second kappa shape index (κ2) is 7.23. The molecule has 1 atom stereocenters. The number of nitrogens with two attached hydrogens (primary N) is 1. The Morgan fingerprint density at radius 3 is 2.70 bits per heavy atom. The molecule has 0 heterocycles. The van der Waals surface area contributed by atoms with Crippen LogP contribution in [0.3, 0.4) is 0 Å². The fraction of sp³-hybridized carbons (Fsp3) is 0.176. The van der Waals surface area contributed by atoms with Crippen molar-refractivity contribution in [3.05, 3.63) is 58.4 Å². The van der Waals surface area contributed by atoms with Crippen LogP contribution < -0.4 is 5.73 Å². The highest BCUT2D eigenvalue weighted by atomic mass is 35.5. The summed E-state index contributed by atoms with van der Waals surface area (Å²) in [5.41, 5.74) is 7.50. The molecule has 3 N–H and O–H groups in total. The standard InChI is InChI=1S/C17H14ClFN2O2/c18-15-3-1-10(12(8-20)7-17(22)23)6-14(15)11-2-4-16(19)13(5-11)9-21/h1-6,12H,7-8,20H2,(H,22,23)/t12-/m0/s1. The molecule has 2 aromatic rings. The highest BCUT2D eigenvalue weighted by molar-refractivity contribution is 6.33. The quantitative estimate of drug-likeness (QED) is 0.876. The van der Waals surface area contributed by atoms with E-state index in [1.807, 2.05) is 0 Å². The Kier molecular flexibility index (Phi) is 5.32. The maximum absolute atomic E-state index is 13.5. The van der Waals surface area contributed by atoms with Crippen LogP contribution in [0.2, 0.25) is 5.02 Å². The van der Waals surface area contributed by atoms with E-state index in [1.165, 1.54) is 18.2 Å². The second-order valence-corrected chi connectivity index (χ2v) is 5.48. The molecule has 0 radical (unpaired) electrons. The lowest BCUT2D eigenvalue weighted by atomic mass is 9.92. The molecule has 23 heavy (non-hydrogen) atoms. The molecule has 0 unspecified atom stereocenters. The third-order valence-electron chi connectivity index (χ3n) is 3.57. The first kappa shape index (κ1) is 16.9. The third-order valence-corrected chi connectivity index (χ3v) is 3.89. The number of hydrogen-bond acceptors (Lipinski definition) is 3. The van der Waals surface area contributed by atoms with Gasteiger partial charge in [0.2, 0.25) is 0 Å². The summed E-state index contributed by atoms with van der Waals surface area (Å²) < 4.78 is 13.5. The topological polar surface area (TPSA) is 87.1 Å². The van der Waals surface area contributed by atoms with Crippen LogP contribution in [0.5, 0.6) is 0 Å². The largest absolute Gasteiger partial charge is 0.481 e. The van der Waals surface area contributed by atoms with Crippen LogP contribution in [0, 0.1) is 17.1 Å². The van der Waals surface area contributed by atoms with Crippen molar-refractivity contribution in [3.63, 3.8) is 0 Å². The van der Waals surface area contributed by atoms with Crippen LogP contribution in [0.4, 0.5) is 4.39 Å². The SMILES string of the molecule is N#Cc1cc(-c2cc([C@H](CN)CC(=O)O)ccc2Cl)ccc1F. The lowest BCUT2D eigenvalue weighted by molar-refractivity contribution is -0.137. The highest BCUT2D eigenvalue weighted by Crippen LogP contribution is 2.32. The summed E-state index contributed by atoms with van der Waals surface area (Å²) in [6.07, 6.45) is -0.0928. The van der Waals surface area contributed by atoms with E-state index < -0.39 is 11.8 Å². The van der Waals surface area contributed by atoms with Gasteiger partial charge in [-0.25, -0.2) is 4.39 Å². The van der Waals surface area contributed by atoms with Crippen molar-refractivity contribution in [2.45, 2.75) is 12.3 Å². The van der Waals surface area contributed by atoms with E-state index in [9.17, 15) is 9.18 Å². The maximum Gasteiger partial charge on any atom is 0.304 e. The minimum atomic E-state index is -0.939. The molecule has 0 bridgehead atoms. The second-order valence-electron chi connectivity index (χ2n) is 5.08. The normalized spacial score (nSPS) is 11.7. The van der Waals surface area contributed by atoms with E-state index in [0.29, 0.717) is 16.1 Å². The summed E-state index contributed by atoms with van der Waals surface area (Å²) in [5, 5.41) is 18.3. The van der Waals surface area contributed by atoms with Crippen molar-refractivity contribution in [2.75, 3.05) is 6.54 Å². The minimum Gasteiger partial charge on any atom is -0.481 e. The van der Waals surface area contributed by atoms with Gasteiger partial charge in [0.15, 0.2) is 0 Å². The number of halogens is 2. The molecule has 0 spiro atoms. The summed E-state index contributed by atoms with van der Waals surface area (Å²) in [6, 6.07) is 11.0. The fourth-order valence-electron chi connectivity index (χ4n) is 2.34. The monoisotopic (exact) mass is 332 g/mol. The van der Waals surface area contributed by atoms with Gasteiger partial charge in [-0.2, -0.15) is 5.26 Å². The first-order valence-electron chi connectivity index (χ1n) is 6.87. The maximum atomic E-state index is 13.5. The molecule has 0 aromatic heterocycles. The van der Waals surface area contributed by atoms with Gasteiger partial charge in [0, 0.05) is 16.5 Å². The molecule has 2 rings (SSSR count). The number of hydrogen-bond donors (Lipinski definition) is 2. The highest BCUT2D eigenvalue weighted by Gasteiger charge is 2.16. The molecule has 2 aromatic carbocycles. The van der Waals surface area contributed by atoms with Crippen molar-refractivity contribution in [1.29, 1.82) is 5.26 Å². The van der Waals surface area contributed by atoms with Gasteiger partial charge in [-0.15, -0.1) is 0 Å². The molecule has 118 valence electrons. The van der Waals surface area contributed by atoms with Gasteiger partial charge in [0.1, 0.15) is 11.9 Å². The van der Waals surface area contributed by atoms with Crippen LogP contribution in [-0.2, 0) is 4.79 Å². The van der Waals surface area contributed by atoms with E-state index >= 15 is 0 Å². The van der Waals surface area contributed by atoms with E-state index in [-0.39, 0.29) is 24.4 Å². The predicted octanol–water partition coefficient (Wildman–Crippen LogP) is 3.53. The van der Waals surface area contributed by atoms with E-state index in [4.69, 9.17) is 27.7 Å². The Labute approximate surface area is 137 Å². The Hall–Kier alpha value is -2.42. The van der Waals surface area contributed by atoms with Crippen molar-refractivity contribution in [2.24, 2.45) is 5.73 Å². The Balaban J connectivity index is 2.49. The van der Waals surface area contributed by atoms with Gasteiger partial charge in [-0.05, 0) is 41.9 Å². The van der Waals surface area contributed by atoms with Crippen molar-refractivity contribution in [3.8, 4) is 17.2 Å². The van der Waals surface area contributed by atoms with Crippen molar-refractivity contribution >= 4 is 17.6 Å². The third kappa shape index (κ3) is 3.86. The lowest BCUT2D eigenvalue weighted by Gasteiger charge is -2.15. The average Bonchev–Trinajstić information content (AvgIpc) is 2.53. The van der Waals surface area contributed by atoms with E-state index in [0.717, 1.165) is 5.56 Å². The molecule has 0 saturated heterocycles. The van der Waals surface area contributed by atoms with Crippen LogP contribution in [0.1, 0.15) is 23.5 Å². The van der Waals surface area contributed by atoms with Crippen molar-refractivity contribution in [1.82, 2.24) is 0 Å². The van der Waals surface area contributed by atoms with Gasteiger partial charge in [-0.3, -0.25) is 4.79 Å². The van der Waals surface area contributed by atoms with Gasteiger partial charge < -0.3 is 10.8 Å². The Morgan fingerprint density at radius 2 is 2.09 bits per heavy atom. The number of nitrogens with zero attached hydrogens (tertiary/aromatic N) is 1. The fourth-order valence-corrected chi connectivity index (χ4v) is 2.57. The summed E-state index contributed by atoms with van der Waals surface area (Å²) in [4.78, 5) is 10.9. The smallest absolute Gasteiger partial charge is 0.304 e. The van der Waals surface area contributed by atoms with Gasteiger partial charge >= 0.3 is 5.97 Å². The number of benzene rings is 2. The first-order chi connectivity index (χ1) is 11.0. The number of carboxylic acids is 1.